The van der Waals surface area contributed by atoms with Crippen LogP contribution in [-0.4, -0.2) is 0 Å². The molecule has 0 heterocycles. The van der Waals surface area contributed by atoms with Gasteiger partial charge in [0, 0.05) is 0 Å². The van der Waals surface area contributed by atoms with Crippen LogP contribution >= 0.6 is 0 Å². The van der Waals surface area contributed by atoms with E-state index in [0.717, 1.165) is 0 Å². The summed E-state index contributed by atoms with van der Waals surface area (Å²) in [5, 5.41) is 0. The lowest BCUT2D eigenvalue weighted by Gasteiger charge is -2.15. The topological polar surface area (TPSA) is 0 Å². The zero-order chi connectivity index (χ0) is 12.9. The standard InChI is InChI=1S/C11H13F3.C2H6/c1-7(2)9-5-4-8(3)6-10(9)11(12,13)14;1-2/h4-7H,1-3H3;1-2H3. The van der Waals surface area contributed by atoms with E-state index in [2.05, 4.69) is 0 Å². The molecule has 0 aliphatic heterocycles. The molecule has 92 valence electrons. The number of alkyl halides is 3. The summed E-state index contributed by atoms with van der Waals surface area (Å²) >= 11 is 0. The van der Waals surface area contributed by atoms with Crippen molar-refractivity contribution in [1.82, 2.24) is 0 Å². The molecule has 0 amide bonds. The molecule has 0 bridgehead atoms. The minimum absolute atomic E-state index is 0.104. The Labute approximate surface area is 95.5 Å². The highest BCUT2D eigenvalue weighted by molar-refractivity contribution is 5.35. The molecule has 0 N–H and O–H groups in total. The predicted molar refractivity (Wildman–Crippen MR) is 61.6 cm³/mol. The van der Waals surface area contributed by atoms with Gasteiger partial charge in [-0.3, -0.25) is 0 Å². The van der Waals surface area contributed by atoms with Gasteiger partial charge in [0.15, 0.2) is 0 Å². The summed E-state index contributed by atoms with van der Waals surface area (Å²) in [5.41, 5.74) is 0.498. The normalized spacial score (nSPS) is 11.1. The van der Waals surface area contributed by atoms with Crippen molar-refractivity contribution in [3.8, 4) is 0 Å². The third-order valence-electron chi connectivity index (χ3n) is 2.14. The van der Waals surface area contributed by atoms with Crippen LogP contribution in [0.5, 0.6) is 0 Å². The lowest BCUT2D eigenvalue weighted by Crippen LogP contribution is -2.10. The molecule has 0 radical (unpaired) electrons. The molecule has 0 aliphatic rings. The maximum Gasteiger partial charge on any atom is 0.416 e. The first-order valence-electron chi connectivity index (χ1n) is 5.50. The fourth-order valence-corrected chi connectivity index (χ4v) is 1.42. The van der Waals surface area contributed by atoms with Crippen molar-refractivity contribution in [2.45, 2.75) is 46.7 Å². The molecule has 0 saturated carbocycles. The molecular weight excluding hydrogens is 213 g/mol. The smallest absolute Gasteiger partial charge is 0.166 e. The summed E-state index contributed by atoms with van der Waals surface area (Å²) in [4.78, 5) is 0. The van der Waals surface area contributed by atoms with Crippen molar-refractivity contribution in [3.05, 3.63) is 34.9 Å². The summed E-state index contributed by atoms with van der Waals surface area (Å²) in [6, 6.07) is 4.47. The second kappa shape index (κ2) is 5.92. The molecular formula is C13H19F3. The minimum atomic E-state index is -4.24. The second-order valence-electron chi connectivity index (χ2n) is 3.74. The van der Waals surface area contributed by atoms with Crippen molar-refractivity contribution in [1.29, 1.82) is 0 Å². The van der Waals surface area contributed by atoms with Gasteiger partial charge in [0.1, 0.15) is 0 Å². The van der Waals surface area contributed by atoms with E-state index in [4.69, 9.17) is 0 Å². The van der Waals surface area contributed by atoms with Gasteiger partial charge in [-0.2, -0.15) is 13.2 Å². The van der Waals surface area contributed by atoms with E-state index in [9.17, 15) is 13.2 Å². The van der Waals surface area contributed by atoms with Crippen molar-refractivity contribution in [3.63, 3.8) is 0 Å². The molecule has 0 nitrogen and oxygen atoms in total. The number of aryl methyl sites for hydroxylation is 1. The Kier molecular flexibility index (Phi) is 5.56. The zero-order valence-corrected chi connectivity index (χ0v) is 10.4. The molecule has 1 aromatic carbocycles. The highest BCUT2D eigenvalue weighted by atomic mass is 19.4. The summed E-state index contributed by atoms with van der Waals surface area (Å²) in [7, 11) is 0. The minimum Gasteiger partial charge on any atom is -0.166 e. The fraction of sp³-hybridized carbons (Fsp3) is 0.538. The van der Waals surface area contributed by atoms with Crippen molar-refractivity contribution < 1.29 is 13.2 Å². The van der Waals surface area contributed by atoms with E-state index in [-0.39, 0.29) is 5.92 Å². The highest BCUT2D eigenvalue weighted by Gasteiger charge is 2.33. The van der Waals surface area contributed by atoms with Gasteiger partial charge in [-0.15, -0.1) is 0 Å². The lowest BCUT2D eigenvalue weighted by atomic mass is 9.95. The van der Waals surface area contributed by atoms with Crippen LogP contribution in [-0.2, 0) is 6.18 Å². The maximum absolute atomic E-state index is 12.6. The van der Waals surface area contributed by atoms with Crippen LogP contribution in [0.2, 0.25) is 0 Å². The zero-order valence-electron chi connectivity index (χ0n) is 10.4. The molecule has 0 fully saturated rings. The largest absolute Gasteiger partial charge is 0.416 e. The van der Waals surface area contributed by atoms with Gasteiger partial charge in [0.25, 0.3) is 0 Å². The van der Waals surface area contributed by atoms with Gasteiger partial charge < -0.3 is 0 Å². The predicted octanol–water partition coefficient (Wildman–Crippen LogP) is 5.16. The van der Waals surface area contributed by atoms with E-state index in [1.807, 2.05) is 13.8 Å². The molecule has 1 rings (SSSR count). The van der Waals surface area contributed by atoms with Gasteiger partial charge in [-0.25, -0.2) is 0 Å². The van der Waals surface area contributed by atoms with E-state index in [1.165, 1.54) is 6.07 Å². The molecule has 0 aromatic heterocycles. The van der Waals surface area contributed by atoms with Gasteiger partial charge >= 0.3 is 6.18 Å². The van der Waals surface area contributed by atoms with Crippen LogP contribution in [0.1, 0.15) is 50.3 Å². The van der Waals surface area contributed by atoms with Crippen molar-refractivity contribution in [2.75, 3.05) is 0 Å². The van der Waals surface area contributed by atoms with Crippen LogP contribution in [0.4, 0.5) is 13.2 Å². The maximum atomic E-state index is 12.6. The van der Waals surface area contributed by atoms with Crippen molar-refractivity contribution in [2.24, 2.45) is 0 Å². The first-order valence-corrected chi connectivity index (χ1v) is 5.50. The van der Waals surface area contributed by atoms with Gasteiger partial charge in [-0.05, 0) is 24.5 Å². The summed E-state index contributed by atoms with van der Waals surface area (Å²) < 4.78 is 37.8. The van der Waals surface area contributed by atoms with Gasteiger partial charge in [0.2, 0.25) is 0 Å². The summed E-state index contributed by atoms with van der Waals surface area (Å²) in [5.74, 6) is -0.104. The molecule has 1 aromatic rings. The molecule has 0 saturated heterocycles. The van der Waals surface area contributed by atoms with Crippen LogP contribution in [0.25, 0.3) is 0 Å². The quantitative estimate of drug-likeness (QED) is 0.627. The van der Waals surface area contributed by atoms with Crippen LogP contribution < -0.4 is 0 Å². The van der Waals surface area contributed by atoms with E-state index >= 15 is 0 Å². The van der Waals surface area contributed by atoms with Crippen LogP contribution in [0.3, 0.4) is 0 Å². The second-order valence-corrected chi connectivity index (χ2v) is 3.74. The Bertz CT molecular complexity index is 324. The molecule has 0 atom stereocenters. The number of hydrogen-bond acceptors (Lipinski definition) is 0. The lowest BCUT2D eigenvalue weighted by molar-refractivity contribution is -0.138. The third kappa shape index (κ3) is 3.87. The average molecular weight is 232 g/mol. The van der Waals surface area contributed by atoms with Crippen LogP contribution in [0.15, 0.2) is 18.2 Å². The first-order chi connectivity index (χ1) is 7.32. The Balaban J connectivity index is 0.00000106. The summed E-state index contributed by atoms with van der Waals surface area (Å²) in [6.45, 7) is 9.19. The van der Waals surface area contributed by atoms with E-state index < -0.39 is 11.7 Å². The SMILES string of the molecule is CC.Cc1ccc(C(C)C)c(C(F)(F)F)c1. The molecule has 0 unspecified atom stereocenters. The molecule has 3 heteroatoms. The average Bonchev–Trinajstić information content (AvgIpc) is 2.19. The molecule has 0 spiro atoms. The Hall–Kier alpha value is -0.990. The van der Waals surface area contributed by atoms with Gasteiger partial charge in [-0.1, -0.05) is 45.4 Å². The van der Waals surface area contributed by atoms with E-state index in [1.54, 1.807) is 32.9 Å². The fourth-order valence-electron chi connectivity index (χ4n) is 1.42. The van der Waals surface area contributed by atoms with Crippen LogP contribution in [0, 0.1) is 6.92 Å². The number of rotatable bonds is 1. The molecule has 0 aliphatic carbocycles. The summed E-state index contributed by atoms with van der Waals surface area (Å²) in [6.07, 6.45) is -4.24. The monoisotopic (exact) mass is 232 g/mol. The molecule has 16 heavy (non-hydrogen) atoms. The Morgan fingerprint density at radius 1 is 1.06 bits per heavy atom. The van der Waals surface area contributed by atoms with E-state index in [0.29, 0.717) is 11.1 Å². The number of halogens is 3. The van der Waals surface area contributed by atoms with Gasteiger partial charge in [0.05, 0.1) is 5.56 Å². The van der Waals surface area contributed by atoms with Crippen molar-refractivity contribution >= 4 is 0 Å². The first kappa shape index (κ1) is 15.0. The number of benzene rings is 1. The number of hydrogen-bond donors (Lipinski definition) is 0. The Morgan fingerprint density at radius 3 is 1.94 bits per heavy atom. The highest BCUT2D eigenvalue weighted by Crippen LogP contribution is 2.35. The Morgan fingerprint density at radius 2 is 1.56 bits per heavy atom. The third-order valence-corrected chi connectivity index (χ3v) is 2.14.